The van der Waals surface area contributed by atoms with E-state index in [0.29, 0.717) is 11.7 Å². The number of benzene rings is 1. The molecule has 98 valence electrons. The minimum Gasteiger partial charge on any atom is -0.303 e. The smallest absolute Gasteiger partial charge is 0.167 e. The van der Waals surface area contributed by atoms with E-state index in [0.717, 1.165) is 25.2 Å². The molecule has 0 aliphatic carbocycles. The molecule has 1 atom stereocenters. The number of carbonyl (C=O) groups excluding carboxylic acids is 1. The minimum atomic E-state index is 0.130. The van der Waals surface area contributed by atoms with Gasteiger partial charge >= 0.3 is 0 Å². The van der Waals surface area contributed by atoms with Gasteiger partial charge < -0.3 is 4.90 Å². The molecule has 18 heavy (non-hydrogen) atoms. The van der Waals surface area contributed by atoms with Crippen LogP contribution in [-0.4, -0.2) is 30.3 Å². The van der Waals surface area contributed by atoms with E-state index in [-0.39, 0.29) is 5.92 Å². The largest absolute Gasteiger partial charge is 0.303 e. The van der Waals surface area contributed by atoms with Gasteiger partial charge in [0.15, 0.2) is 5.78 Å². The third kappa shape index (κ3) is 3.20. The van der Waals surface area contributed by atoms with E-state index in [1.807, 2.05) is 30.3 Å². The molecule has 0 amide bonds. The second kappa shape index (κ2) is 6.14. The Hall–Kier alpha value is -1.15. The fourth-order valence-corrected chi connectivity index (χ4v) is 2.66. The molecule has 0 saturated carbocycles. The van der Waals surface area contributed by atoms with Crippen LogP contribution in [0.2, 0.25) is 0 Å². The fraction of sp³-hybridized carbons (Fsp3) is 0.562. The Kier molecular flexibility index (Phi) is 4.54. The van der Waals surface area contributed by atoms with E-state index in [1.165, 1.54) is 12.8 Å². The SMILES string of the molecule is CC(C)[C@@H](CN1CCCC1)C(=O)c1ccccc1. The van der Waals surface area contributed by atoms with Crippen molar-refractivity contribution < 1.29 is 4.79 Å². The third-order valence-corrected chi connectivity index (χ3v) is 3.85. The van der Waals surface area contributed by atoms with Crippen molar-refractivity contribution in [2.24, 2.45) is 11.8 Å². The molecule has 0 bridgehead atoms. The highest BCUT2D eigenvalue weighted by atomic mass is 16.1. The molecule has 1 aliphatic heterocycles. The number of rotatable bonds is 5. The van der Waals surface area contributed by atoms with Gasteiger partial charge in [-0.3, -0.25) is 4.79 Å². The van der Waals surface area contributed by atoms with Crippen LogP contribution < -0.4 is 0 Å². The van der Waals surface area contributed by atoms with Crippen LogP contribution in [0, 0.1) is 11.8 Å². The van der Waals surface area contributed by atoms with Gasteiger partial charge in [-0.2, -0.15) is 0 Å². The molecular weight excluding hydrogens is 222 g/mol. The van der Waals surface area contributed by atoms with E-state index in [2.05, 4.69) is 18.7 Å². The van der Waals surface area contributed by atoms with Crippen molar-refractivity contribution >= 4 is 5.78 Å². The third-order valence-electron chi connectivity index (χ3n) is 3.85. The van der Waals surface area contributed by atoms with Crippen molar-refractivity contribution in [1.29, 1.82) is 0 Å². The van der Waals surface area contributed by atoms with Gasteiger partial charge in [-0.1, -0.05) is 44.2 Å². The number of nitrogens with zero attached hydrogens (tertiary/aromatic N) is 1. The zero-order valence-electron chi connectivity index (χ0n) is 11.4. The van der Waals surface area contributed by atoms with E-state index in [1.54, 1.807) is 0 Å². The summed E-state index contributed by atoms with van der Waals surface area (Å²) in [5.74, 6) is 0.835. The van der Waals surface area contributed by atoms with Gasteiger partial charge in [0.1, 0.15) is 0 Å². The van der Waals surface area contributed by atoms with Crippen molar-refractivity contribution in [1.82, 2.24) is 4.90 Å². The summed E-state index contributed by atoms with van der Waals surface area (Å²) in [7, 11) is 0. The van der Waals surface area contributed by atoms with Crippen LogP contribution in [-0.2, 0) is 0 Å². The Morgan fingerprint density at radius 3 is 2.33 bits per heavy atom. The van der Waals surface area contributed by atoms with Crippen LogP contribution in [0.4, 0.5) is 0 Å². The van der Waals surface area contributed by atoms with E-state index in [4.69, 9.17) is 0 Å². The molecule has 0 spiro atoms. The number of hydrogen-bond donors (Lipinski definition) is 0. The van der Waals surface area contributed by atoms with Crippen molar-refractivity contribution in [3.63, 3.8) is 0 Å². The normalized spacial score (nSPS) is 18.2. The first-order chi connectivity index (χ1) is 8.68. The second-order valence-electron chi connectivity index (χ2n) is 5.59. The molecule has 1 saturated heterocycles. The zero-order valence-corrected chi connectivity index (χ0v) is 11.4. The summed E-state index contributed by atoms with van der Waals surface area (Å²) in [5.41, 5.74) is 0.857. The van der Waals surface area contributed by atoms with E-state index >= 15 is 0 Å². The average Bonchev–Trinajstić information content (AvgIpc) is 2.89. The van der Waals surface area contributed by atoms with Crippen molar-refractivity contribution in [2.75, 3.05) is 19.6 Å². The quantitative estimate of drug-likeness (QED) is 0.742. The summed E-state index contributed by atoms with van der Waals surface area (Å²) >= 11 is 0. The Bertz CT molecular complexity index is 379. The van der Waals surface area contributed by atoms with Gasteiger partial charge in [-0.05, 0) is 31.8 Å². The van der Waals surface area contributed by atoms with Gasteiger partial charge in [0, 0.05) is 18.0 Å². The lowest BCUT2D eigenvalue weighted by molar-refractivity contribution is 0.0845. The number of Topliss-reactive ketones (excluding diaryl/α,β-unsaturated/α-hetero) is 1. The lowest BCUT2D eigenvalue weighted by Crippen LogP contribution is -2.34. The number of carbonyl (C=O) groups is 1. The second-order valence-corrected chi connectivity index (χ2v) is 5.59. The summed E-state index contributed by atoms with van der Waals surface area (Å²) < 4.78 is 0. The molecular formula is C16H23NO. The van der Waals surface area contributed by atoms with Crippen LogP contribution >= 0.6 is 0 Å². The molecule has 0 radical (unpaired) electrons. The highest BCUT2D eigenvalue weighted by molar-refractivity contribution is 5.98. The van der Waals surface area contributed by atoms with Gasteiger partial charge in [-0.25, -0.2) is 0 Å². The Morgan fingerprint density at radius 2 is 1.78 bits per heavy atom. The summed E-state index contributed by atoms with van der Waals surface area (Å²) in [6, 6.07) is 9.71. The first kappa shape index (κ1) is 13.3. The standard InChI is InChI=1S/C16H23NO/c1-13(2)15(12-17-10-6-7-11-17)16(18)14-8-4-3-5-9-14/h3-5,8-9,13,15H,6-7,10-12H2,1-2H3/t15-/m1/s1. The zero-order chi connectivity index (χ0) is 13.0. The molecule has 2 nitrogen and oxygen atoms in total. The molecule has 0 unspecified atom stereocenters. The molecule has 2 rings (SSSR count). The highest BCUT2D eigenvalue weighted by Gasteiger charge is 2.26. The molecule has 1 aliphatic rings. The Labute approximate surface area is 110 Å². The lowest BCUT2D eigenvalue weighted by Gasteiger charge is -2.25. The van der Waals surface area contributed by atoms with E-state index in [9.17, 15) is 4.79 Å². The predicted molar refractivity (Wildman–Crippen MR) is 74.8 cm³/mol. The first-order valence-electron chi connectivity index (χ1n) is 7.00. The molecule has 1 aromatic rings. The molecule has 2 heteroatoms. The topological polar surface area (TPSA) is 20.3 Å². The molecule has 0 aromatic heterocycles. The molecule has 1 aromatic carbocycles. The van der Waals surface area contributed by atoms with E-state index < -0.39 is 0 Å². The summed E-state index contributed by atoms with van der Waals surface area (Å²) in [4.78, 5) is 15.0. The summed E-state index contributed by atoms with van der Waals surface area (Å²) in [6.45, 7) is 7.55. The Balaban J connectivity index is 2.07. The minimum absolute atomic E-state index is 0.130. The van der Waals surface area contributed by atoms with Crippen LogP contribution in [0.3, 0.4) is 0 Å². The Morgan fingerprint density at radius 1 is 1.17 bits per heavy atom. The maximum atomic E-state index is 12.5. The van der Waals surface area contributed by atoms with Crippen LogP contribution in [0.25, 0.3) is 0 Å². The maximum absolute atomic E-state index is 12.5. The summed E-state index contributed by atoms with van der Waals surface area (Å²) in [5, 5.41) is 0. The van der Waals surface area contributed by atoms with Crippen LogP contribution in [0.5, 0.6) is 0 Å². The number of ketones is 1. The van der Waals surface area contributed by atoms with Gasteiger partial charge in [0.05, 0.1) is 0 Å². The number of hydrogen-bond acceptors (Lipinski definition) is 2. The van der Waals surface area contributed by atoms with Gasteiger partial charge in [0.2, 0.25) is 0 Å². The average molecular weight is 245 g/mol. The lowest BCUT2D eigenvalue weighted by atomic mass is 9.87. The fourth-order valence-electron chi connectivity index (χ4n) is 2.66. The van der Waals surface area contributed by atoms with Gasteiger partial charge in [-0.15, -0.1) is 0 Å². The molecule has 1 fully saturated rings. The molecule has 0 N–H and O–H groups in total. The van der Waals surface area contributed by atoms with Crippen molar-refractivity contribution in [3.8, 4) is 0 Å². The predicted octanol–water partition coefficient (Wildman–Crippen LogP) is 3.24. The number of likely N-dealkylation sites (tertiary alicyclic amines) is 1. The molecule has 1 heterocycles. The highest BCUT2D eigenvalue weighted by Crippen LogP contribution is 2.21. The maximum Gasteiger partial charge on any atom is 0.167 e. The first-order valence-corrected chi connectivity index (χ1v) is 7.00. The van der Waals surface area contributed by atoms with Crippen molar-refractivity contribution in [3.05, 3.63) is 35.9 Å². The van der Waals surface area contributed by atoms with Crippen molar-refractivity contribution in [2.45, 2.75) is 26.7 Å². The van der Waals surface area contributed by atoms with Crippen LogP contribution in [0.15, 0.2) is 30.3 Å². The van der Waals surface area contributed by atoms with Gasteiger partial charge in [0.25, 0.3) is 0 Å². The van der Waals surface area contributed by atoms with Crippen LogP contribution in [0.1, 0.15) is 37.0 Å². The monoisotopic (exact) mass is 245 g/mol. The summed E-state index contributed by atoms with van der Waals surface area (Å²) in [6.07, 6.45) is 2.56.